The Bertz CT molecular complexity index is 327. The summed E-state index contributed by atoms with van der Waals surface area (Å²) in [4.78, 5) is 10.8. The van der Waals surface area contributed by atoms with Crippen molar-refractivity contribution in [1.82, 2.24) is 5.32 Å². The highest BCUT2D eigenvalue weighted by Crippen LogP contribution is 1.96. The van der Waals surface area contributed by atoms with Crippen molar-refractivity contribution in [3.8, 4) is 0 Å². The van der Waals surface area contributed by atoms with Gasteiger partial charge in [-0.3, -0.25) is 4.79 Å². The predicted octanol–water partition coefficient (Wildman–Crippen LogP) is 1.75. The Morgan fingerprint density at radius 1 is 1.17 bits per heavy atom. The second-order valence-corrected chi connectivity index (χ2v) is 3.85. The standard InChI is InChI=1S/C14H21NO3/c1-2-14(16)18-11-10-17-9-8-15-12-13-6-4-3-5-7-13/h3-7,15H,2,8-12H2,1H3. The maximum absolute atomic E-state index is 10.8. The van der Waals surface area contributed by atoms with Crippen molar-refractivity contribution in [2.75, 3.05) is 26.4 Å². The number of ether oxygens (including phenoxy) is 2. The molecular weight excluding hydrogens is 230 g/mol. The molecular formula is C14H21NO3. The van der Waals surface area contributed by atoms with Gasteiger partial charge in [-0.25, -0.2) is 0 Å². The van der Waals surface area contributed by atoms with E-state index < -0.39 is 0 Å². The molecule has 100 valence electrons. The van der Waals surface area contributed by atoms with Crippen LogP contribution in [0.3, 0.4) is 0 Å². The Morgan fingerprint density at radius 3 is 2.67 bits per heavy atom. The molecule has 0 saturated carbocycles. The number of carbonyl (C=O) groups excluding carboxylic acids is 1. The summed E-state index contributed by atoms with van der Waals surface area (Å²) in [6.45, 7) is 4.82. The summed E-state index contributed by atoms with van der Waals surface area (Å²) in [5.41, 5.74) is 1.26. The molecule has 4 heteroatoms. The maximum atomic E-state index is 10.8. The van der Waals surface area contributed by atoms with Gasteiger partial charge in [0.25, 0.3) is 0 Å². The van der Waals surface area contributed by atoms with E-state index >= 15 is 0 Å². The quantitative estimate of drug-likeness (QED) is 0.536. The summed E-state index contributed by atoms with van der Waals surface area (Å²) in [6.07, 6.45) is 0.415. The Hall–Kier alpha value is -1.39. The third-order valence-corrected chi connectivity index (χ3v) is 2.37. The van der Waals surface area contributed by atoms with Crippen molar-refractivity contribution < 1.29 is 14.3 Å². The average molecular weight is 251 g/mol. The van der Waals surface area contributed by atoms with Crippen LogP contribution in [0.15, 0.2) is 30.3 Å². The first-order valence-corrected chi connectivity index (χ1v) is 6.31. The SMILES string of the molecule is CCC(=O)OCCOCCNCc1ccccc1. The third-order valence-electron chi connectivity index (χ3n) is 2.37. The van der Waals surface area contributed by atoms with Gasteiger partial charge in [0.1, 0.15) is 6.61 Å². The largest absolute Gasteiger partial charge is 0.463 e. The Labute approximate surface area is 108 Å². The average Bonchev–Trinajstić information content (AvgIpc) is 2.42. The molecule has 0 unspecified atom stereocenters. The van der Waals surface area contributed by atoms with Crippen molar-refractivity contribution >= 4 is 5.97 Å². The minimum Gasteiger partial charge on any atom is -0.463 e. The molecule has 1 N–H and O–H groups in total. The van der Waals surface area contributed by atoms with Gasteiger partial charge < -0.3 is 14.8 Å². The third kappa shape index (κ3) is 7.04. The van der Waals surface area contributed by atoms with E-state index in [4.69, 9.17) is 9.47 Å². The van der Waals surface area contributed by atoms with Crippen LogP contribution in [0.2, 0.25) is 0 Å². The fraction of sp³-hybridized carbons (Fsp3) is 0.500. The number of hydrogen-bond acceptors (Lipinski definition) is 4. The lowest BCUT2D eigenvalue weighted by Crippen LogP contribution is -2.20. The van der Waals surface area contributed by atoms with Gasteiger partial charge in [0.15, 0.2) is 0 Å². The minimum absolute atomic E-state index is 0.180. The second-order valence-electron chi connectivity index (χ2n) is 3.85. The monoisotopic (exact) mass is 251 g/mol. The van der Waals surface area contributed by atoms with Crippen molar-refractivity contribution in [1.29, 1.82) is 0 Å². The predicted molar refractivity (Wildman–Crippen MR) is 70.2 cm³/mol. The Kier molecular flexibility index (Phi) is 7.84. The highest BCUT2D eigenvalue weighted by molar-refractivity contribution is 5.68. The first-order valence-electron chi connectivity index (χ1n) is 6.31. The molecule has 0 aromatic heterocycles. The number of benzene rings is 1. The number of esters is 1. The molecule has 0 saturated heterocycles. The van der Waals surface area contributed by atoms with E-state index in [1.807, 2.05) is 18.2 Å². The fourth-order valence-electron chi connectivity index (χ4n) is 1.39. The molecule has 0 amide bonds. The smallest absolute Gasteiger partial charge is 0.305 e. The van der Waals surface area contributed by atoms with Gasteiger partial charge in [-0.2, -0.15) is 0 Å². The summed E-state index contributed by atoms with van der Waals surface area (Å²) in [5.74, 6) is -0.180. The zero-order chi connectivity index (χ0) is 13.1. The molecule has 0 heterocycles. The lowest BCUT2D eigenvalue weighted by Gasteiger charge is -2.06. The summed E-state index contributed by atoms with van der Waals surface area (Å²) in [7, 11) is 0. The summed E-state index contributed by atoms with van der Waals surface area (Å²) in [6, 6.07) is 10.2. The highest BCUT2D eigenvalue weighted by atomic mass is 16.6. The van der Waals surface area contributed by atoms with Crippen LogP contribution in [0.5, 0.6) is 0 Å². The Morgan fingerprint density at radius 2 is 1.94 bits per heavy atom. The van der Waals surface area contributed by atoms with Gasteiger partial charge in [-0.1, -0.05) is 37.3 Å². The minimum atomic E-state index is -0.180. The second kappa shape index (κ2) is 9.62. The van der Waals surface area contributed by atoms with E-state index in [2.05, 4.69) is 17.4 Å². The summed E-state index contributed by atoms with van der Waals surface area (Å²) < 4.78 is 10.2. The van der Waals surface area contributed by atoms with Crippen LogP contribution in [0.1, 0.15) is 18.9 Å². The zero-order valence-corrected chi connectivity index (χ0v) is 10.9. The van der Waals surface area contributed by atoms with E-state index in [0.29, 0.717) is 26.2 Å². The van der Waals surface area contributed by atoms with Gasteiger partial charge in [0.05, 0.1) is 13.2 Å². The first kappa shape index (κ1) is 14.7. The van der Waals surface area contributed by atoms with Crippen LogP contribution in [0.4, 0.5) is 0 Å². The van der Waals surface area contributed by atoms with Crippen molar-refractivity contribution in [3.63, 3.8) is 0 Å². The number of hydrogen-bond donors (Lipinski definition) is 1. The molecule has 0 aliphatic carbocycles. The van der Waals surface area contributed by atoms with Crippen LogP contribution < -0.4 is 5.32 Å². The molecule has 0 atom stereocenters. The molecule has 0 aliphatic rings. The number of carbonyl (C=O) groups is 1. The Balaban J connectivity index is 1.89. The summed E-state index contributed by atoms with van der Waals surface area (Å²) >= 11 is 0. The van der Waals surface area contributed by atoms with Crippen molar-refractivity contribution in [2.24, 2.45) is 0 Å². The molecule has 1 rings (SSSR count). The van der Waals surface area contributed by atoms with Crippen molar-refractivity contribution in [3.05, 3.63) is 35.9 Å². The normalized spacial score (nSPS) is 10.3. The molecule has 0 spiro atoms. The number of rotatable bonds is 9. The van der Waals surface area contributed by atoms with E-state index in [-0.39, 0.29) is 5.97 Å². The molecule has 0 bridgehead atoms. The van der Waals surface area contributed by atoms with Gasteiger partial charge in [0.2, 0.25) is 0 Å². The van der Waals surface area contributed by atoms with Crippen LogP contribution in [0, 0.1) is 0 Å². The first-order chi connectivity index (χ1) is 8.83. The lowest BCUT2D eigenvalue weighted by atomic mass is 10.2. The fourth-order valence-corrected chi connectivity index (χ4v) is 1.39. The molecule has 0 radical (unpaired) electrons. The van der Waals surface area contributed by atoms with Crippen LogP contribution in [-0.2, 0) is 20.8 Å². The molecule has 0 fully saturated rings. The lowest BCUT2D eigenvalue weighted by molar-refractivity contribution is -0.144. The van der Waals surface area contributed by atoms with Crippen LogP contribution in [0.25, 0.3) is 0 Å². The van der Waals surface area contributed by atoms with Crippen LogP contribution >= 0.6 is 0 Å². The van der Waals surface area contributed by atoms with E-state index in [9.17, 15) is 4.79 Å². The topological polar surface area (TPSA) is 47.6 Å². The molecule has 1 aromatic rings. The van der Waals surface area contributed by atoms with Gasteiger partial charge in [-0.05, 0) is 5.56 Å². The molecule has 18 heavy (non-hydrogen) atoms. The van der Waals surface area contributed by atoms with Gasteiger partial charge in [0, 0.05) is 19.5 Å². The maximum Gasteiger partial charge on any atom is 0.305 e. The van der Waals surface area contributed by atoms with Crippen LogP contribution in [-0.4, -0.2) is 32.3 Å². The van der Waals surface area contributed by atoms with Gasteiger partial charge in [-0.15, -0.1) is 0 Å². The summed E-state index contributed by atoms with van der Waals surface area (Å²) in [5, 5.41) is 3.28. The van der Waals surface area contributed by atoms with E-state index in [1.165, 1.54) is 5.56 Å². The van der Waals surface area contributed by atoms with E-state index in [1.54, 1.807) is 6.92 Å². The zero-order valence-electron chi connectivity index (χ0n) is 10.9. The highest BCUT2D eigenvalue weighted by Gasteiger charge is 1.97. The molecule has 4 nitrogen and oxygen atoms in total. The van der Waals surface area contributed by atoms with Gasteiger partial charge >= 0.3 is 5.97 Å². The van der Waals surface area contributed by atoms with E-state index in [0.717, 1.165) is 13.1 Å². The van der Waals surface area contributed by atoms with Crippen molar-refractivity contribution in [2.45, 2.75) is 19.9 Å². The number of nitrogens with one attached hydrogen (secondary N) is 1. The molecule has 0 aliphatic heterocycles. The molecule has 1 aromatic carbocycles.